The Kier molecular flexibility index (Phi) is 3.86. The van der Waals surface area contributed by atoms with E-state index in [-0.39, 0.29) is 12.5 Å². The molecule has 0 aliphatic heterocycles. The highest BCUT2D eigenvalue weighted by atomic mass is 16.2. The third-order valence-electron chi connectivity index (χ3n) is 3.10. The highest BCUT2D eigenvalue weighted by Gasteiger charge is 2.08. The lowest BCUT2D eigenvalue weighted by atomic mass is 10.3. The van der Waals surface area contributed by atoms with E-state index in [1.54, 1.807) is 13.1 Å². The molecule has 3 aromatic rings. The second kappa shape index (κ2) is 6.13. The number of carbonyl (C=O) groups is 1. The van der Waals surface area contributed by atoms with Gasteiger partial charge in [0.1, 0.15) is 12.1 Å². The van der Waals surface area contributed by atoms with Crippen molar-refractivity contribution in [1.82, 2.24) is 25.4 Å². The number of carbonyl (C=O) groups excluding carboxylic acids is 1. The summed E-state index contributed by atoms with van der Waals surface area (Å²) in [6, 6.07) is 13.0. The van der Waals surface area contributed by atoms with Crippen LogP contribution in [0.5, 0.6) is 0 Å². The van der Waals surface area contributed by atoms with Crippen LogP contribution in [-0.2, 0) is 11.3 Å². The van der Waals surface area contributed by atoms with Crippen LogP contribution in [0.4, 0.5) is 0 Å². The monoisotopic (exact) mass is 294 g/mol. The first-order valence-corrected chi connectivity index (χ1v) is 6.77. The summed E-state index contributed by atoms with van der Waals surface area (Å²) in [5.74, 6) is -0.272. The van der Waals surface area contributed by atoms with Gasteiger partial charge in [0.25, 0.3) is 5.91 Å². The van der Waals surface area contributed by atoms with Crippen molar-refractivity contribution in [3.63, 3.8) is 0 Å². The van der Waals surface area contributed by atoms with Gasteiger partial charge in [-0.2, -0.15) is 5.10 Å². The first-order valence-electron chi connectivity index (χ1n) is 6.77. The summed E-state index contributed by atoms with van der Waals surface area (Å²) in [5.41, 5.74) is 5.42. The molecule has 2 heterocycles. The quantitative estimate of drug-likeness (QED) is 0.581. The summed E-state index contributed by atoms with van der Waals surface area (Å²) >= 11 is 0. The molecule has 0 unspecified atom stereocenters. The number of rotatable bonds is 4. The Morgan fingerprint density at radius 2 is 2.05 bits per heavy atom. The van der Waals surface area contributed by atoms with Crippen molar-refractivity contribution in [2.75, 3.05) is 0 Å². The lowest BCUT2D eigenvalue weighted by Crippen LogP contribution is -2.25. The van der Waals surface area contributed by atoms with Gasteiger partial charge < -0.3 is 0 Å². The zero-order valence-electron chi connectivity index (χ0n) is 12.0. The van der Waals surface area contributed by atoms with E-state index in [1.165, 1.54) is 4.68 Å². The first-order chi connectivity index (χ1) is 10.7. The summed E-state index contributed by atoms with van der Waals surface area (Å²) in [5, 5.41) is 12.0. The topological polar surface area (TPSA) is 85.1 Å². The molecular weight excluding hydrogens is 280 g/mol. The summed E-state index contributed by atoms with van der Waals surface area (Å²) in [4.78, 5) is 16.1. The van der Waals surface area contributed by atoms with Gasteiger partial charge in [0.15, 0.2) is 0 Å². The van der Waals surface area contributed by atoms with Crippen LogP contribution in [0.15, 0.2) is 53.8 Å². The van der Waals surface area contributed by atoms with E-state index in [2.05, 4.69) is 25.8 Å². The maximum Gasteiger partial charge on any atom is 0.261 e. The molecule has 7 heteroatoms. The van der Waals surface area contributed by atoms with Crippen LogP contribution < -0.4 is 5.43 Å². The van der Waals surface area contributed by atoms with Crippen molar-refractivity contribution in [3.05, 3.63) is 54.4 Å². The van der Waals surface area contributed by atoms with Gasteiger partial charge in [0.05, 0.1) is 16.9 Å². The highest BCUT2D eigenvalue weighted by molar-refractivity contribution is 5.97. The number of hydrogen-bond acceptors (Lipinski definition) is 5. The molecule has 0 aliphatic carbocycles. The normalized spacial score (nSPS) is 11.6. The highest BCUT2D eigenvalue weighted by Crippen LogP contribution is 2.09. The molecule has 0 bridgehead atoms. The van der Waals surface area contributed by atoms with Gasteiger partial charge >= 0.3 is 0 Å². The molecule has 2 aromatic heterocycles. The minimum absolute atomic E-state index is 0.0551. The number of para-hydroxylation sites is 1. The van der Waals surface area contributed by atoms with Gasteiger partial charge in [-0.1, -0.05) is 23.4 Å². The van der Waals surface area contributed by atoms with E-state index >= 15 is 0 Å². The van der Waals surface area contributed by atoms with Crippen LogP contribution in [0.1, 0.15) is 12.6 Å². The van der Waals surface area contributed by atoms with E-state index in [9.17, 15) is 4.79 Å². The van der Waals surface area contributed by atoms with Crippen LogP contribution in [0.2, 0.25) is 0 Å². The van der Waals surface area contributed by atoms with Crippen molar-refractivity contribution >= 4 is 22.7 Å². The fraction of sp³-hybridized carbons (Fsp3) is 0.133. The number of nitrogens with zero attached hydrogens (tertiary/aromatic N) is 5. The van der Waals surface area contributed by atoms with Gasteiger partial charge in [-0.25, -0.2) is 10.1 Å². The molecule has 0 radical (unpaired) electrons. The average Bonchev–Trinajstić information content (AvgIpc) is 2.97. The Morgan fingerprint density at radius 1 is 1.23 bits per heavy atom. The molecule has 0 aliphatic rings. The van der Waals surface area contributed by atoms with E-state index in [1.807, 2.05) is 42.5 Å². The van der Waals surface area contributed by atoms with Crippen LogP contribution in [0.3, 0.4) is 0 Å². The second-order valence-electron chi connectivity index (χ2n) is 4.68. The Balaban J connectivity index is 1.68. The van der Waals surface area contributed by atoms with E-state index in [0.717, 1.165) is 11.0 Å². The number of hydrogen-bond donors (Lipinski definition) is 1. The van der Waals surface area contributed by atoms with Gasteiger partial charge in [-0.05, 0) is 31.2 Å². The van der Waals surface area contributed by atoms with Crippen LogP contribution in [0.25, 0.3) is 11.0 Å². The Hall–Kier alpha value is -3.09. The van der Waals surface area contributed by atoms with Crippen molar-refractivity contribution in [2.45, 2.75) is 13.5 Å². The van der Waals surface area contributed by atoms with Gasteiger partial charge in [-0.3, -0.25) is 9.78 Å². The molecule has 0 saturated heterocycles. The summed E-state index contributed by atoms with van der Waals surface area (Å²) in [6.07, 6.45) is 1.68. The van der Waals surface area contributed by atoms with Crippen molar-refractivity contribution in [2.24, 2.45) is 5.10 Å². The van der Waals surface area contributed by atoms with Crippen molar-refractivity contribution in [1.29, 1.82) is 0 Å². The number of nitrogens with one attached hydrogen (secondary N) is 1. The van der Waals surface area contributed by atoms with Gasteiger partial charge in [0, 0.05) is 6.20 Å². The predicted octanol–water partition coefficient (Wildman–Crippen LogP) is 1.37. The number of fused-ring (bicyclic) bond motifs is 1. The molecule has 7 nitrogen and oxygen atoms in total. The van der Waals surface area contributed by atoms with E-state index < -0.39 is 0 Å². The van der Waals surface area contributed by atoms with Gasteiger partial charge in [0.2, 0.25) is 0 Å². The van der Waals surface area contributed by atoms with Crippen LogP contribution >= 0.6 is 0 Å². The third-order valence-corrected chi connectivity index (χ3v) is 3.10. The molecule has 22 heavy (non-hydrogen) atoms. The van der Waals surface area contributed by atoms with E-state index in [0.29, 0.717) is 11.4 Å². The molecule has 1 N–H and O–H groups in total. The molecule has 0 atom stereocenters. The largest absolute Gasteiger partial charge is 0.271 e. The zero-order chi connectivity index (χ0) is 15.4. The SMILES string of the molecule is CC(=NNC(=O)Cn1nnc2ccccc21)c1ccccn1. The third kappa shape index (κ3) is 2.98. The number of pyridine rings is 1. The Bertz CT molecular complexity index is 824. The zero-order valence-corrected chi connectivity index (χ0v) is 12.0. The molecular formula is C15H14N6O. The molecule has 3 rings (SSSR count). The van der Waals surface area contributed by atoms with Crippen molar-refractivity contribution < 1.29 is 4.79 Å². The molecule has 0 saturated carbocycles. The molecule has 0 spiro atoms. The molecule has 110 valence electrons. The fourth-order valence-electron chi connectivity index (χ4n) is 1.99. The minimum Gasteiger partial charge on any atom is -0.271 e. The number of benzene rings is 1. The second-order valence-corrected chi connectivity index (χ2v) is 4.68. The lowest BCUT2D eigenvalue weighted by molar-refractivity contribution is -0.121. The summed E-state index contributed by atoms with van der Waals surface area (Å²) in [7, 11) is 0. The number of aromatic nitrogens is 4. The molecule has 1 aromatic carbocycles. The average molecular weight is 294 g/mol. The van der Waals surface area contributed by atoms with Crippen molar-refractivity contribution in [3.8, 4) is 0 Å². The molecule has 1 amide bonds. The van der Waals surface area contributed by atoms with E-state index in [4.69, 9.17) is 0 Å². The maximum atomic E-state index is 12.0. The lowest BCUT2D eigenvalue weighted by Gasteiger charge is -2.03. The minimum atomic E-state index is -0.272. The smallest absolute Gasteiger partial charge is 0.261 e. The fourth-order valence-corrected chi connectivity index (χ4v) is 1.99. The Labute approximate surface area is 126 Å². The predicted molar refractivity (Wildman–Crippen MR) is 82.1 cm³/mol. The summed E-state index contributed by atoms with van der Waals surface area (Å²) in [6.45, 7) is 1.84. The van der Waals surface area contributed by atoms with Crippen LogP contribution in [0, 0.1) is 0 Å². The molecule has 0 fully saturated rings. The summed E-state index contributed by atoms with van der Waals surface area (Å²) < 4.78 is 1.54. The number of hydrazone groups is 1. The van der Waals surface area contributed by atoms with Crippen LogP contribution in [-0.4, -0.2) is 31.6 Å². The number of amides is 1. The Morgan fingerprint density at radius 3 is 2.86 bits per heavy atom. The van der Waals surface area contributed by atoms with Gasteiger partial charge in [-0.15, -0.1) is 5.10 Å². The first kappa shape index (κ1) is 13.9. The standard InChI is InChI=1S/C15H14N6O/c1-11(12-6-4-5-9-16-12)17-19-15(22)10-21-14-8-3-2-7-13(14)18-20-21/h2-9H,10H2,1H3,(H,19,22). The maximum absolute atomic E-state index is 12.0.